The molecule has 0 radical (unpaired) electrons. The van der Waals surface area contributed by atoms with Crippen LogP contribution in [0, 0.1) is 0 Å². The van der Waals surface area contributed by atoms with Crippen LogP contribution in [0.15, 0.2) is 35.2 Å². The number of hydrogen-bond acceptors (Lipinski definition) is 4. The van der Waals surface area contributed by atoms with Crippen molar-refractivity contribution in [2.24, 2.45) is 0 Å². The largest absolute Gasteiger partial charge is 0.420 e. The second-order valence-electron chi connectivity index (χ2n) is 2.85. The minimum Gasteiger partial charge on any atom is -0.420 e. The minimum absolute atomic E-state index is 0.122. The van der Waals surface area contributed by atoms with Crippen molar-refractivity contribution in [1.29, 1.82) is 0 Å². The lowest BCUT2D eigenvalue weighted by molar-refractivity contribution is 0.0734. The first kappa shape index (κ1) is 11.0. The Hall–Kier alpha value is -1.52. The van der Waals surface area contributed by atoms with Crippen LogP contribution in [0.1, 0.15) is 10.4 Å². The summed E-state index contributed by atoms with van der Waals surface area (Å²) in [5, 5.41) is 3.91. The highest BCUT2D eigenvalue weighted by molar-refractivity contribution is 6.37. The molecule has 0 aliphatic rings. The van der Waals surface area contributed by atoms with Crippen molar-refractivity contribution in [2.75, 3.05) is 0 Å². The number of benzene rings is 1. The topological polar surface area (TPSA) is 52.3 Å². The van der Waals surface area contributed by atoms with Gasteiger partial charge in [-0.3, -0.25) is 0 Å². The fourth-order valence-corrected chi connectivity index (χ4v) is 1.51. The molecule has 6 heteroatoms. The molecular formula is C10H5Cl2NO3. The Morgan fingerprint density at radius 1 is 1.31 bits per heavy atom. The van der Waals surface area contributed by atoms with Gasteiger partial charge in [0.2, 0.25) is 0 Å². The molecule has 1 aromatic heterocycles. The normalized spacial score (nSPS) is 10.1. The number of carbonyl (C=O) groups excluding carboxylic acids is 1. The van der Waals surface area contributed by atoms with E-state index < -0.39 is 5.97 Å². The Labute approximate surface area is 101 Å². The van der Waals surface area contributed by atoms with Crippen molar-refractivity contribution in [3.05, 3.63) is 46.3 Å². The number of aromatic nitrogens is 1. The van der Waals surface area contributed by atoms with Gasteiger partial charge in [0.25, 0.3) is 0 Å². The number of nitrogens with zero attached hydrogens (tertiary/aromatic N) is 1. The van der Waals surface area contributed by atoms with Crippen molar-refractivity contribution in [1.82, 2.24) is 5.16 Å². The lowest BCUT2D eigenvalue weighted by atomic mass is 10.3. The van der Waals surface area contributed by atoms with Crippen molar-refractivity contribution in [2.45, 2.75) is 0 Å². The Morgan fingerprint density at radius 2 is 2.00 bits per heavy atom. The number of esters is 1. The molecule has 0 aliphatic carbocycles. The highest BCUT2D eigenvalue weighted by Crippen LogP contribution is 2.32. The van der Waals surface area contributed by atoms with Crippen LogP contribution >= 0.6 is 23.2 Å². The summed E-state index contributed by atoms with van der Waals surface area (Å²) in [5.74, 6) is -0.506. The zero-order valence-electron chi connectivity index (χ0n) is 7.81. The Bertz CT molecular complexity index is 491. The van der Waals surface area contributed by atoms with Crippen LogP contribution in [0.25, 0.3) is 0 Å². The lowest BCUT2D eigenvalue weighted by Crippen LogP contribution is -2.07. The molecule has 0 fully saturated rings. The molecule has 0 bridgehead atoms. The standard InChI is InChI=1S/C10H5Cl2NO3/c11-7-2-1-3-8(12)9(7)16-10(14)6-4-13-15-5-6/h1-5H. The van der Waals surface area contributed by atoms with Gasteiger partial charge in [-0.1, -0.05) is 34.4 Å². The number of ether oxygens (including phenoxy) is 1. The monoisotopic (exact) mass is 257 g/mol. The van der Waals surface area contributed by atoms with Gasteiger partial charge in [-0.15, -0.1) is 0 Å². The van der Waals surface area contributed by atoms with Crippen LogP contribution in [-0.4, -0.2) is 11.1 Å². The third kappa shape index (κ3) is 2.18. The van der Waals surface area contributed by atoms with E-state index in [-0.39, 0.29) is 21.4 Å². The number of rotatable bonds is 2. The first-order valence-corrected chi connectivity index (χ1v) is 4.99. The van der Waals surface area contributed by atoms with E-state index in [9.17, 15) is 4.79 Å². The summed E-state index contributed by atoms with van der Waals surface area (Å²) in [6, 6.07) is 4.80. The number of hydrogen-bond donors (Lipinski definition) is 0. The number of halogens is 2. The maximum Gasteiger partial charge on any atom is 0.348 e. The molecule has 0 saturated carbocycles. The van der Waals surface area contributed by atoms with E-state index in [1.54, 1.807) is 18.2 Å². The van der Waals surface area contributed by atoms with Crippen molar-refractivity contribution >= 4 is 29.2 Å². The van der Waals surface area contributed by atoms with Crippen molar-refractivity contribution in [3.8, 4) is 5.75 Å². The van der Waals surface area contributed by atoms with Gasteiger partial charge in [-0.25, -0.2) is 4.79 Å². The van der Waals surface area contributed by atoms with Gasteiger partial charge < -0.3 is 9.26 Å². The predicted octanol–water partition coefficient (Wildman–Crippen LogP) is 3.20. The third-order valence-electron chi connectivity index (χ3n) is 1.78. The summed E-state index contributed by atoms with van der Waals surface area (Å²) in [6.07, 6.45) is 2.42. The van der Waals surface area contributed by atoms with Crippen molar-refractivity contribution in [3.63, 3.8) is 0 Å². The molecule has 2 aromatic rings. The summed E-state index contributed by atoms with van der Waals surface area (Å²) in [5.41, 5.74) is 0.191. The van der Waals surface area contributed by atoms with E-state index in [4.69, 9.17) is 27.9 Å². The van der Waals surface area contributed by atoms with Crippen LogP contribution in [0.2, 0.25) is 10.0 Å². The molecule has 0 amide bonds. The third-order valence-corrected chi connectivity index (χ3v) is 2.38. The highest BCUT2D eigenvalue weighted by atomic mass is 35.5. The second kappa shape index (κ2) is 4.55. The van der Waals surface area contributed by atoms with E-state index in [1.807, 2.05) is 0 Å². The molecule has 0 spiro atoms. The van der Waals surface area contributed by atoms with Gasteiger partial charge in [-0.2, -0.15) is 0 Å². The van der Waals surface area contributed by atoms with Crippen LogP contribution in [0.3, 0.4) is 0 Å². The Balaban J connectivity index is 2.25. The summed E-state index contributed by atoms with van der Waals surface area (Å²) in [4.78, 5) is 11.5. The molecule has 1 aromatic carbocycles. The second-order valence-corrected chi connectivity index (χ2v) is 3.67. The predicted molar refractivity (Wildman–Crippen MR) is 57.9 cm³/mol. The fourth-order valence-electron chi connectivity index (χ4n) is 1.04. The van der Waals surface area contributed by atoms with Crippen LogP contribution < -0.4 is 4.74 Å². The molecule has 4 nitrogen and oxygen atoms in total. The van der Waals surface area contributed by atoms with Gasteiger partial charge in [-0.05, 0) is 12.1 Å². The van der Waals surface area contributed by atoms with Gasteiger partial charge in [0.1, 0.15) is 11.8 Å². The van der Waals surface area contributed by atoms with E-state index >= 15 is 0 Å². The van der Waals surface area contributed by atoms with Gasteiger partial charge in [0, 0.05) is 0 Å². The smallest absolute Gasteiger partial charge is 0.348 e. The Morgan fingerprint density at radius 3 is 2.56 bits per heavy atom. The summed E-state index contributed by atoms with van der Waals surface area (Å²) >= 11 is 11.7. The first-order valence-electron chi connectivity index (χ1n) is 4.24. The minimum atomic E-state index is -0.628. The molecule has 82 valence electrons. The van der Waals surface area contributed by atoms with E-state index in [0.29, 0.717) is 0 Å². The molecule has 16 heavy (non-hydrogen) atoms. The maximum absolute atomic E-state index is 11.5. The van der Waals surface area contributed by atoms with E-state index in [1.165, 1.54) is 12.5 Å². The first-order chi connectivity index (χ1) is 7.68. The van der Waals surface area contributed by atoms with Crippen LogP contribution in [0.4, 0.5) is 0 Å². The molecule has 0 unspecified atom stereocenters. The molecular weight excluding hydrogens is 253 g/mol. The quantitative estimate of drug-likeness (QED) is 0.613. The van der Waals surface area contributed by atoms with E-state index in [0.717, 1.165) is 0 Å². The molecule has 0 saturated heterocycles. The zero-order chi connectivity index (χ0) is 11.5. The SMILES string of the molecule is O=C(Oc1c(Cl)cccc1Cl)c1cnoc1. The average molecular weight is 258 g/mol. The van der Waals surface area contributed by atoms with Gasteiger partial charge >= 0.3 is 5.97 Å². The number of carbonyl (C=O) groups is 1. The Kier molecular flexibility index (Phi) is 3.12. The maximum atomic E-state index is 11.5. The lowest BCUT2D eigenvalue weighted by Gasteiger charge is -2.05. The summed E-state index contributed by atoms with van der Waals surface area (Å²) < 4.78 is 9.53. The van der Waals surface area contributed by atoms with Crippen LogP contribution in [-0.2, 0) is 0 Å². The van der Waals surface area contributed by atoms with Gasteiger partial charge in [0.05, 0.1) is 16.2 Å². The van der Waals surface area contributed by atoms with Crippen LogP contribution in [0.5, 0.6) is 5.75 Å². The van der Waals surface area contributed by atoms with E-state index in [2.05, 4.69) is 9.68 Å². The number of para-hydroxylation sites is 1. The molecule has 2 rings (SSSR count). The summed E-state index contributed by atoms with van der Waals surface area (Å²) in [7, 11) is 0. The zero-order valence-corrected chi connectivity index (χ0v) is 9.33. The molecule has 1 heterocycles. The molecule has 0 aliphatic heterocycles. The van der Waals surface area contributed by atoms with Gasteiger partial charge in [0.15, 0.2) is 5.75 Å². The fraction of sp³-hybridized carbons (Fsp3) is 0. The molecule has 0 atom stereocenters. The average Bonchev–Trinajstić information content (AvgIpc) is 2.76. The van der Waals surface area contributed by atoms with Crippen molar-refractivity contribution < 1.29 is 14.1 Å². The highest BCUT2D eigenvalue weighted by Gasteiger charge is 2.15. The summed E-state index contributed by atoms with van der Waals surface area (Å²) in [6.45, 7) is 0. The molecule has 0 N–H and O–H groups in total.